The summed E-state index contributed by atoms with van der Waals surface area (Å²) in [5, 5.41) is 9.52. The second-order valence-corrected chi connectivity index (χ2v) is 5.38. The molecule has 0 aliphatic heterocycles. The lowest BCUT2D eigenvalue weighted by Gasteiger charge is -2.06. The normalized spacial score (nSPS) is 10.8. The van der Waals surface area contributed by atoms with Gasteiger partial charge in [-0.25, -0.2) is 4.68 Å². The van der Waals surface area contributed by atoms with Gasteiger partial charge in [-0.05, 0) is 12.1 Å². The number of aromatic nitrogens is 3. The van der Waals surface area contributed by atoms with E-state index in [2.05, 4.69) is 10.3 Å². The molecule has 0 atom stereocenters. The number of hydrogen-bond donors (Lipinski definition) is 0. The Labute approximate surface area is 130 Å². The van der Waals surface area contributed by atoms with Gasteiger partial charge in [0.2, 0.25) is 0 Å². The highest BCUT2D eigenvalue weighted by Crippen LogP contribution is 2.32. The minimum Gasteiger partial charge on any atom is -0.217 e. The highest BCUT2D eigenvalue weighted by molar-refractivity contribution is 6.40. The van der Waals surface area contributed by atoms with Gasteiger partial charge >= 0.3 is 0 Å². The quantitative estimate of drug-likeness (QED) is 0.671. The Morgan fingerprint density at radius 3 is 2.20 bits per heavy atom. The van der Waals surface area contributed by atoms with Crippen molar-refractivity contribution >= 4 is 34.8 Å². The monoisotopic (exact) mass is 323 g/mol. The summed E-state index contributed by atoms with van der Waals surface area (Å²) in [6.45, 7) is 0. The van der Waals surface area contributed by atoms with Crippen LogP contribution in [0.15, 0.2) is 48.7 Å². The molecular formula is C14H8Cl3N3. The van der Waals surface area contributed by atoms with Gasteiger partial charge in [0.25, 0.3) is 0 Å². The van der Waals surface area contributed by atoms with Crippen LogP contribution in [0.25, 0.3) is 16.9 Å². The number of nitrogens with zero attached hydrogens (tertiary/aromatic N) is 3. The lowest BCUT2D eigenvalue weighted by molar-refractivity contribution is 0.804. The zero-order chi connectivity index (χ0) is 14.1. The van der Waals surface area contributed by atoms with Crippen LogP contribution in [0.1, 0.15) is 0 Å². The number of halogens is 3. The van der Waals surface area contributed by atoms with Crippen LogP contribution in [0.4, 0.5) is 0 Å². The van der Waals surface area contributed by atoms with Gasteiger partial charge in [-0.1, -0.05) is 70.3 Å². The van der Waals surface area contributed by atoms with Crippen LogP contribution in [-0.2, 0) is 0 Å². The highest BCUT2D eigenvalue weighted by atomic mass is 35.5. The molecule has 2 aromatic carbocycles. The standard InChI is InChI=1S/C14H8Cl3N3/c15-10-6-11(16)14(12(17)7-10)20-8-13(18-19-20)9-4-2-1-3-5-9/h1-8H. The Morgan fingerprint density at radius 2 is 1.55 bits per heavy atom. The largest absolute Gasteiger partial charge is 0.217 e. The average Bonchev–Trinajstić information content (AvgIpc) is 2.88. The Bertz CT molecular complexity index is 730. The Morgan fingerprint density at radius 1 is 0.900 bits per heavy atom. The summed E-state index contributed by atoms with van der Waals surface area (Å²) < 4.78 is 1.54. The number of rotatable bonds is 2. The van der Waals surface area contributed by atoms with Crippen LogP contribution in [0.2, 0.25) is 15.1 Å². The molecule has 3 aromatic rings. The maximum absolute atomic E-state index is 6.17. The minimum absolute atomic E-state index is 0.423. The summed E-state index contributed by atoms with van der Waals surface area (Å²) in [5.74, 6) is 0. The predicted octanol–water partition coefficient (Wildman–Crippen LogP) is 4.89. The van der Waals surface area contributed by atoms with E-state index in [9.17, 15) is 0 Å². The summed E-state index contributed by atoms with van der Waals surface area (Å²) in [6.07, 6.45) is 1.77. The molecule has 0 bridgehead atoms. The van der Waals surface area contributed by atoms with Crippen molar-refractivity contribution in [3.63, 3.8) is 0 Å². The lowest BCUT2D eigenvalue weighted by Crippen LogP contribution is -1.97. The Balaban J connectivity index is 2.07. The van der Waals surface area contributed by atoms with Crippen molar-refractivity contribution in [2.75, 3.05) is 0 Å². The molecule has 0 spiro atoms. The van der Waals surface area contributed by atoms with Crippen LogP contribution in [0.5, 0.6) is 0 Å². The molecule has 20 heavy (non-hydrogen) atoms. The first-order chi connectivity index (χ1) is 9.65. The van der Waals surface area contributed by atoms with E-state index in [0.29, 0.717) is 20.8 Å². The fourth-order valence-corrected chi connectivity index (χ4v) is 2.86. The average molecular weight is 325 g/mol. The topological polar surface area (TPSA) is 30.7 Å². The Hall–Kier alpha value is -1.55. The van der Waals surface area contributed by atoms with Gasteiger partial charge in [0.05, 0.1) is 16.2 Å². The summed E-state index contributed by atoms with van der Waals surface area (Å²) in [7, 11) is 0. The summed E-state index contributed by atoms with van der Waals surface area (Å²) in [6, 6.07) is 13.0. The molecule has 100 valence electrons. The van der Waals surface area contributed by atoms with Crippen LogP contribution < -0.4 is 0 Å². The van der Waals surface area contributed by atoms with E-state index in [1.807, 2.05) is 30.3 Å². The predicted molar refractivity (Wildman–Crippen MR) is 81.8 cm³/mol. The van der Waals surface area contributed by atoms with Gasteiger partial charge in [0, 0.05) is 10.6 Å². The third-order valence-corrected chi connectivity index (χ3v) is 3.57. The molecule has 0 radical (unpaired) electrons. The maximum Gasteiger partial charge on any atom is 0.113 e. The van der Waals surface area contributed by atoms with E-state index in [0.717, 1.165) is 11.3 Å². The first kappa shape index (κ1) is 13.4. The minimum atomic E-state index is 0.423. The van der Waals surface area contributed by atoms with Gasteiger partial charge in [-0.2, -0.15) is 0 Å². The highest BCUT2D eigenvalue weighted by Gasteiger charge is 2.12. The molecule has 3 rings (SSSR count). The lowest BCUT2D eigenvalue weighted by atomic mass is 10.2. The number of benzene rings is 2. The molecule has 0 N–H and O–H groups in total. The van der Waals surface area contributed by atoms with Crippen molar-refractivity contribution in [2.45, 2.75) is 0 Å². The molecule has 0 unspecified atom stereocenters. The molecule has 1 aromatic heterocycles. The first-order valence-electron chi connectivity index (χ1n) is 5.78. The van der Waals surface area contributed by atoms with Gasteiger partial charge < -0.3 is 0 Å². The maximum atomic E-state index is 6.17. The molecular weight excluding hydrogens is 317 g/mol. The second kappa shape index (κ2) is 5.44. The van der Waals surface area contributed by atoms with Crippen molar-refractivity contribution in [3.8, 4) is 16.9 Å². The zero-order valence-corrected chi connectivity index (χ0v) is 12.4. The van der Waals surface area contributed by atoms with E-state index in [1.54, 1.807) is 23.0 Å². The SMILES string of the molecule is Clc1cc(Cl)c(-n2cc(-c3ccccc3)nn2)c(Cl)c1. The van der Waals surface area contributed by atoms with E-state index in [1.165, 1.54) is 0 Å². The molecule has 0 aliphatic rings. The molecule has 0 amide bonds. The fraction of sp³-hybridized carbons (Fsp3) is 0. The van der Waals surface area contributed by atoms with E-state index in [-0.39, 0.29) is 0 Å². The number of hydrogen-bond acceptors (Lipinski definition) is 2. The van der Waals surface area contributed by atoms with Crippen molar-refractivity contribution in [1.29, 1.82) is 0 Å². The van der Waals surface area contributed by atoms with E-state index in [4.69, 9.17) is 34.8 Å². The van der Waals surface area contributed by atoms with Gasteiger partial charge in [0.1, 0.15) is 11.4 Å². The van der Waals surface area contributed by atoms with Crippen LogP contribution in [0.3, 0.4) is 0 Å². The molecule has 0 saturated carbocycles. The summed E-state index contributed by atoms with van der Waals surface area (Å²) in [4.78, 5) is 0. The van der Waals surface area contributed by atoms with Crippen molar-refractivity contribution in [2.24, 2.45) is 0 Å². The molecule has 3 nitrogen and oxygen atoms in total. The molecule has 1 heterocycles. The Kier molecular flexibility index (Phi) is 3.66. The van der Waals surface area contributed by atoms with Crippen LogP contribution in [0, 0.1) is 0 Å². The van der Waals surface area contributed by atoms with Crippen LogP contribution >= 0.6 is 34.8 Å². The van der Waals surface area contributed by atoms with Crippen LogP contribution in [-0.4, -0.2) is 15.0 Å². The molecule has 6 heteroatoms. The van der Waals surface area contributed by atoms with Gasteiger partial charge in [0.15, 0.2) is 0 Å². The van der Waals surface area contributed by atoms with E-state index < -0.39 is 0 Å². The van der Waals surface area contributed by atoms with Gasteiger partial charge in [-0.15, -0.1) is 5.10 Å². The van der Waals surface area contributed by atoms with Gasteiger partial charge in [-0.3, -0.25) is 0 Å². The fourth-order valence-electron chi connectivity index (χ4n) is 1.87. The summed E-state index contributed by atoms with van der Waals surface area (Å²) in [5.41, 5.74) is 2.28. The summed E-state index contributed by atoms with van der Waals surface area (Å²) >= 11 is 18.2. The van der Waals surface area contributed by atoms with E-state index >= 15 is 0 Å². The second-order valence-electron chi connectivity index (χ2n) is 4.13. The van der Waals surface area contributed by atoms with Crippen molar-refractivity contribution < 1.29 is 0 Å². The first-order valence-corrected chi connectivity index (χ1v) is 6.91. The zero-order valence-electron chi connectivity index (χ0n) is 10.1. The molecule has 0 fully saturated rings. The van der Waals surface area contributed by atoms with Crippen molar-refractivity contribution in [3.05, 3.63) is 63.7 Å². The molecule has 0 aliphatic carbocycles. The third kappa shape index (κ3) is 2.52. The third-order valence-electron chi connectivity index (χ3n) is 2.77. The van der Waals surface area contributed by atoms with Crippen molar-refractivity contribution in [1.82, 2.24) is 15.0 Å². The molecule has 0 saturated heterocycles. The smallest absolute Gasteiger partial charge is 0.113 e.